The van der Waals surface area contributed by atoms with E-state index in [0.717, 1.165) is 11.1 Å². The van der Waals surface area contributed by atoms with Gasteiger partial charge in [0, 0.05) is 13.0 Å². The summed E-state index contributed by atoms with van der Waals surface area (Å²) in [5.41, 5.74) is 2.96. The first-order valence-electron chi connectivity index (χ1n) is 13.9. The molecule has 2 amide bonds. The van der Waals surface area contributed by atoms with Gasteiger partial charge in [0.1, 0.15) is 18.7 Å². The van der Waals surface area contributed by atoms with Crippen molar-refractivity contribution in [3.63, 3.8) is 0 Å². The van der Waals surface area contributed by atoms with Crippen molar-refractivity contribution >= 4 is 17.8 Å². The maximum atomic E-state index is 13.5. The van der Waals surface area contributed by atoms with Crippen molar-refractivity contribution in [1.29, 1.82) is 0 Å². The third-order valence-corrected chi connectivity index (χ3v) is 6.57. The van der Waals surface area contributed by atoms with E-state index in [9.17, 15) is 14.4 Å². The van der Waals surface area contributed by atoms with E-state index in [-0.39, 0.29) is 30.9 Å². The summed E-state index contributed by atoms with van der Waals surface area (Å²) in [7, 11) is 0. The average Bonchev–Trinajstić information content (AvgIpc) is 2.96. The molecule has 3 atom stereocenters. The predicted molar refractivity (Wildman–Crippen MR) is 157 cm³/mol. The van der Waals surface area contributed by atoms with Gasteiger partial charge in [-0.3, -0.25) is 9.59 Å². The first-order chi connectivity index (χ1) is 19.3. The van der Waals surface area contributed by atoms with Crippen LogP contribution in [0.4, 0.5) is 0 Å². The molecule has 40 heavy (non-hydrogen) atoms. The van der Waals surface area contributed by atoms with Gasteiger partial charge in [-0.25, -0.2) is 4.79 Å². The summed E-state index contributed by atoms with van der Waals surface area (Å²) in [5.74, 6) is -0.823. The molecule has 0 heterocycles. The topological polar surface area (TPSA) is 96.5 Å². The van der Waals surface area contributed by atoms with Gasteiger partial charge < -0.3 is 20.7 Å². The van der Waals surface area contributed by atoms with Crippen LogP contribution in [0.25, 0.3) is 0 Å². The first kappa shape index (κ1) is 30.6. The van der Waals surface area contributed by atoms with E-state index >= 15 is 0 Å². The molecule has 3 rings (SSSR count). The Bertz CT molecular complexity index is 1190. The molecular formula is C33H41N3O4. The van der Waals surface area contributed by atoms with Crippen LogP contribution in [0.15, 0.2) is 91.0 Å². The highest BCUT2D eigenvalue weighted by Gasteiger charge is 2.28. The van der Waals surface area contributed by atoms with Gasteiger partial charge in [0.05, 0.1) is 6.54 Å². The minimum Gasteiger partial charge on any atom is -0.459 e. The Balaban J connectivity index is 1.62. The number of benzene rings is 3. The van der Waals surface area contributed by atoms with Gasteiger partial charge in [0.15, 0.2) is 0 Å². The molecule has 0 aliphatic heterocycles. The highest BCUT2D eigenvalue weighted by atomic mass is 16.5. The lowest BCUT2D eigenvalue weighted by Crippen LogP contribution is -2.54. The van der Waals surface area contributed by atoms with E-state index in [0.29, 0.717) is 19.4 Å². The van der Waals surface area contributed by atoms with Crippen LogP contribution >= 0.6 is 0 Å². The Morgan fingerprint density at radius 3 is 1.90 bits per heavy atom. The predicted octanol–water partition coefficient (Wildman–Crippen LogP) is 4.38. The Morgan fingerprint density at radius 2 is 1.30 bits per heavy atom. The minimum atomic E-state index is -0.847. The van der Waals surface area contributed by atoms with Crippen molar-refractivity contribution in [3.05, 3.63) is 108 Å². The lowest BCUT2D eigenvalue weighted by atomic mass is 10.0. The van der Waals surface area contributed by atoms with E-state index in [2.05, 4.69) is 35.0 Å². The normalized spacial score (nSPS) is 13.2. The van der Waals surface area contributed by atoms with Gasteiger partial charge in [0.25, 0.3) is 0 Å². The van der Waals surface area contributed by atoms with Gasteiger partial charge in [-0.1, -0.05) is 112 Å². The average molecular weight is 544 g/mol. The van der Waals surface area contributed by atoms with Gasteiger partial charge >= 0.3 is 5.97 Å². The third-order valence-electron chi connectivity index (χ3n) is 6.57. The fraction of sp³-hybridized carbons (Fsp3) is 0.364. The van der Waals surface area contributed by atoms with Crippen LogP contribution in [-0.2, 0) is 32.1 Å². The maximum Gasteiger partial charge on any atom is 0.328 e. The monoisotopic (exact) mass is 543 g/mol. The molecule has 0 spiro atoms. The van der Waals surface area contributed by atoms with E-state index < -0.39 is 24.0 Å². The van der Waals surface area contributed by atoms with Crippen LogP contribution in [0.5, 0.6) is 0 Å². The number of amides is 2. The van der Waals surface area contributed by atoms with Crippen LogP contribution in [0.1, 0.15) is 49.8 Å². The molecule has 7 nitrogen and oxygen atoms in total. The van der Waals surface area contributed by atoms with Crippen molar-refractivity contribution in [2.75, 3.05) is 13.1 Å². The molecule has 3 aromatic carbocycles. The third kappa shape index (κ3) is 10.7. The van der Waals surface area contributed by atoms with Crippen molar-refractivity contribution < 1.29 is 19.1 Å². The molecule has 0 unspecified atom stereocenters. The molecule has 3 aromatic rings. The molecule has 7 heteroatoms. The number of esters is 1. The van der Waals surface area contributed by atoms with Crippen LogP contribution in [0.3, 0.4) is 0 Å². The van der Waals surface area contributed by atoms with Crippen LogP contribution in [0.2, 0.25) is 0 Å². The van der Waals surface area contributed by atoms with E-state index in [4.69, 9.17) is 4.74 Å². The molecule has 0 aliphatic carbocycles. The molecule has 0 radical (unpaired) electrons. The summed E-state index contributed by atoms with van der Waals surface area (Å²) in [6, 6.07) is 27.3. The van der Waals surface area contributed by atoms with Crippen LogP contribution in [-0.4, -0.2) is 43.0 Å². The van der Waals surface area contributed by atoms with Crippen molar-refractivity contribution in [2.24, 2.45) is 5.92 Å². The Kier molecular flexibility index (Phi) is 12.4. The molecule has 0 bridgehead atoms. The summed E-state index contributed by atoms with van der Waals surface area (Å²) >= 11 is 0. The highest BCUT2D eigenvalue weighted by Crippen LogP contribution is 2.13. The fourth-order valence-corrected chi connectivity index (χ4v) is 4.39. The van der Waals surface area contributed by atoms with Crippen molar-refractivity contribution in [1.82, 2.24) is 16.0 Å². The van der Waals surface area contributed by atoms with Gasteiger partial charge in [-0.15, -0.1) is 0 Å². The SMILES string of the molecule is CC(C)C[C@@H](NC(=O)[C@@H](Cc1ccccc1)NC(=O)CNC[C@H](C)c1ccccc1)C(=O)OCc1ccccc1. The molecule has 0 saturated carbocycles. The number of rotatable bonds is 15. The zero-order chi connectivity index (χ0) is 28.7. The van der Waals surface area contributed by atoms with Crippen molar-refractivity contribution in [2.45, 2.75) is 58.2 Å². The minimum absolute atomic E-state index is 0.0737. The number of carbonyl (C=O) groups excluding carboxylic acids is 3. The fourth-order valence-electron chi connectivity index (χ4n) is 4.39. The highest BCUT2D eigenvalue weighted by molar-refractivity contribution is 5.91. The summed E-state index contributed by atoms with van der Waals surface area (Å²) in [6.07, 6.45) is 0.719. The molecular weight excluding hydrogens is 502 g/mol. The maximum absolute atomic E-state index is 13.5. The molecule has 0 aliphatic rings. The van der Waals surface area contributed by atoms with E-state index in [1.54, 1.807) is 0 Å². The molecule has 0 aromatic heterocycles. The summed E-state index contributed by atoms with van der Waals surface area (Å²) in [5, 5.41) is 8.92. The quantitative estimate of drug-likeness (QED) is 0.247. The van der Waals surface area contributed by atoms with Gasteiger partial charge in [-0.2, -0.15) is 0 Å². The second-order valence-corrected chi connectivity index (χ2v) is 10.5. The van der Waals surface area contributed by atoms with Crippen molar-refractivity contribution in [3.8, 4) is 0 Å². The standard InChI is InChI=1S/C33H41N3O4/c1-24(2)19-30(33(39)40-23-27-15-9-5-10-16-27)36-32(38)29(20-26-13-7-4-8-14-26)35-31(37)22-34-21-25(3)28-17-11-6-12-18-28/h4-18,24-25,29-30,34H,19-23H2,1-3H3,(H,35,37)(H,36,38)/t25-,29+,30+/m0/s1. The zero-order valence-electron chi connectivity index (χ0n) is 23.6. The number of carbonyl (C=O) groups is 3. The smallest absolute Gasteiger partial charge is 0.328 e. The lowest BCUT2D eigenvalue weighted by Gasteiger charge is -2.24. The van der Waals surface area contributed by atoms with E-state index in [1.807, 2.05) is 92.7 Å². The zero-order valence-corrected chi connectivity index (χ0v) is 23.6. The summed E-state index contributed by atoms with van der Waals surface area (Å²) in [4.78, 5) is 39.3. The Morgan fingerprint density at radius 1 is 0.725 bits per heavy atom. The molecule has 212 valence electrons. The molecule has 3 N–H and O–H groups in total. The van der Waals surface area contributed by atoms with E-state index in [1.165, 1.54) is 5.56 Å². The Labute approximate surface area is 237 Å². The van der Waals surface area contributed by atoms with Crippen LogP contribution in [0, 0.1) is 5.92 Å². The second-order valence-electron chi connectivity index (χ2n) is 10.5. The second kappa shape index (κ2) is 16.2. The number of hydrogen-bond acceptors (Lipinski definition) is 5. The Hall–Kier alpha value is -3.97. The molecule has 0 saturated heterocycles. The first-order valence-corrected chi connectivity index (χ1v) is 13.9. The molecule has 0 fully saturated rings. The summed E-state index contributed by atoms with van der Waals surface area (Å²) < 4.78 is 5.53. The lowest BCUT2D eigenvalue weighted by molar-refractivity contribution is -0.149. The van der Waals surface area contributed by atoms with Gasteiger partial charge in [-0.05, 0) is 34.9 Å². The number of hydrogen-bond donors (Lipinski definition) is 3. The van der Waals surface area contributed by atoms with Crippen LogP contribution < -0.4 is 16.0 Å². The number of nitrogens with one attached hydrogen (secondary N) is 3. The summed E-state index contributed by atoms with van der Waals surface area (Å²) in [6.45, 7) is 6.88. The number of ether oxygens (including phenoxy) is 1. The largest absolute Gasteiger partial charge is 0.459 e. The van der Waals surface area contributed by atoms with Gasteiger partial charge in [0.2, 0.25) is 11.8 Å².